The van der Waals surface area contributed by atoms with E-state index in [1.165, 1.54) is 116 Å². The van der Waals surface area contributed by atoms with E-state index in [4.69, 9.17) is 0 Å². The number of rotatable bonds is 19. The lowest BCUT2D eigenvalue weighted by molar-refractivity contribution is 0.323. The summed E-state index contributed by atoms with van der Waals surface area (Å²) in [5.41, 5.74) is 0. The zero-order chi connectivity index (χ0) is 17.9. The second kappa shape index (κ2) is 19.3. The molecule has 0 heterocycles. The Morgan fingerprint density at radius 3 is 1.00 bits per heavy atom. The Labute approximate surface area is 155 Å². The lowest BCUT2D eigenvalue weighted by Crippen LogP contribution is -2.08. The fraction of sp³-hybridized carbons (Fsp3) is 1.00. The van der Waals surface area contributed by atoms with Crippen LogP contribution in [0, 0.1) is 11.8 Å². The third kappa shape index (κ3) is 16.8. The van der Waals surface area contributed by atoms with Crippen molar-refractivity contribution < 1.29 is 0 Å². The third-order valence-corrected chi connectivity index (χ3v) is 6.00. The molecule has 2 unspecified atom stereocenters. The van der Waals surface area contributed by atoms with Gasteiger partial charge in [0.1, 0.15) is 0 Å². The van der Waals surface area contributed by atoms with Gasteiger partial charge in [-0.2, -0.15) is 0 Å². The van der Waals surface area contributed by atoms with E-state index < -0.39 is 0 Å². The maximum absolute atomic E-state index is 2.48. The molecule has 0 aliphatic carbocycles. The van der Waals surface area contributed by atoms with Crippen molar-refractivity contribution in [2.45, 2.75) is 143 Å². The van der Waals surface area contributed by atoms with Crippen LogP contribution in [0.2, 0.25) is 0 Å². The zero-order valence-electron chi connectivity index (χ0n) is 17.9. The maximum atomic E-state index is 2.48. The van der Waals surface area contributed by atoms with Gasteiger partial charge < -0.3 is 0 Å². The molecule has 0 fully saturated rings. The molecule has 0 spiro atoms. The van der Waals surface area contributed by atoms with Gasteiger partial charge in [-0.3, -0.25) is 0 Å². The lowest BCUT2D eigenvalue weighted by atomic mass is 9.87. The molecule has 0 aliphatic rings. The van der Waals surface area contributed by atoms with Crippen molar-refractivity contribution in [1.82, 2.24) is 0 Å². The molecule has 0 rings (SSSR count). The van der Waals surface area contributed by atoms with Gasteiger partial charge >= 0.3 is 0 Å². The van der Waals surface area contributed by atoms with Crippen LogP contribution < -0.4 is 0 Å². The van der Waals surface area contributed by atoms with Crippen LogP contribution in [0.15, 0.2) is 0 Å². The molecule has 0 N–H and O–H groups in total. The Morgan fingerprint density at radius 1 is 0.375 bits per heavy atom. The molecule has 0 radical (unpaired) electrons. The highest BCUT2D eigenvalue weighted by Crippen LogP contribution is 2.24. The minimum atomic E-state index is 0.939. The number of hydrogen-bond acceptors (Lipinski definition) is 0. The summed E-state index contributed by atoms with van der Waals surface area (Å²) < 4.78 is 0. The first-order valence-corrected chi connectivity index (χ1v) is 11.7. The predicted molar refractivity (Wildman–Crippen MR) is 113 cm³/mol. The Bertz CT molecular complexity index is 220. The Morgan fingerprint density at radius 2 is 0.625 bits per heavy atom. The molecule has 2 atom stereocenters. The molecule has 146 valence electrons. The summed E-state index contributed by atoms with van der Waals surface area (Å²) in [6.07, 6.45) is 26.2. The smallest absolute Gasteiger partial charge is 0.0417 e. The molecule has 0 aromatic carbocycles. The van der Waals surface area contributed by atoms with Crippen molar-refractivity contribution in [3.63, 3.8) is 0 Å². The van der Waals surface area contributed by atoms with Crippen LogP contribution in [0.1, 0.15) is 143 Å². The molecule has 24 heavy (non-hydrogen) atoms. The second-order valence-corrected chi connectivity index (χ2v) is 8.48. The van der Waals surface area contributed by atoms with Crippen LogP contribution >= 0.6 is 0 Å². The first-order chi connectivity index (χ1) is 11.7. The molecule has 0 aromatic rings. The zero-order valence-corrected chi connectivity index (χ0v) is 17.9. The van der Waals surface area contributed by atoms with Gasteiger partial charge in [-0.25, -0.2) is 0 Å². The van der Waals surface area contributed by atoms with Crippen LogP contribution in [0.3, 0.4) is 0 Å². The summed E-state index contributed by atoms with van der Waals surface area (Å²) >= 11 is 0. The van der Waals surface area contributed by atoms with E-state index in [2.05, 4.69) is 27.7 Å². The van der Waals surface area contributed by atoms with Crippen molar-refractivity contribution in [3.05, 3.63) is 0 Å². The standard InChI is InChI=1S/C24H50/c1-5-7-9-10-11-12-13-14-15-16-17-18-20-22-24(4)23(3)21-19-8-6-2/h23-24H,5-22H2,1-4H3. The summed E-state index contributed by atoms with van der Waals surface area (Å²) in [7, 11) is 0. The van der Waals surface area contributed by atoms with Crippen molar-refractivity contribution in [2.75, 3.05) is 0 Å². The molecule has 0 nitrogen and oxygen atoms in total. The molecule has 0 heteroatoms. The fourth-order valence-electron chi connectivity index (χ4n) is 3.77. The van der Waals surface area contributed by atoms with Gasteiger partial charge in [0.15, 0.2) is 0 Å². The summed E-state index contributed by atoms with van der Waals surface area (Å²) in [6, 6.07) is 0. The van der Waals surface area contributed by atoms with Gasteiger partial charge in [-0.15, -0.1) is 0 Å². The van der Waals surface area contributed by atoms with Crippen LogP contribution in [-0.4, -0.2) is 0 Å². The van der Waals surface area contributed by atoms with Crippen molar-refractivity contribution >= 4 is 0 Å². The highest BCUT2D eigenvalue weighted by Gasteiger charge is 2.11. The van der Waals surface area contributed by atoms with E-state index in [9.17, 15) is 0 Å². The van der Waals surface area contributed by atoms with Gasteiger partial charge in [0, 0.05) is 0 Å². The van der Waals surface area contributed by atoms with Gasteiger partial charge in [0.05, 0.1) is 0 Å². The Kier molecular flexibility index (Phi) is 19.3. The monoisotopic (exact) mass is 338 g/mol. The molecular formula is C24H50. The van der Waals surface area contributed by atoms with E-state index >= 15 is 0 Å². The average molecular weight is 339 g/mol. The third-order valence-electron chi connectivity index (χ3n) is 6.00. The quantitative estimate of drug-likeness (QED) is 0.206. The van der Waals surface area contributed by atoms with E-state index in [0.717, 1.165) is 11.8 Å². The van der Waals surface area contributed by atoms with Crippen LogP contribution in [0.25, 0.3) is 0 Å². The minimum absolute atomic E-state index is 0.939. The van der Waals surface area contributed by atoms with E-state index in [1.54, 1.807) is 0 Å². The summed E-state index contributed by atoms with van der Waals surface area (Å²) in [5.74, 6) is 1.88. The van der Waals surface area contributed by atoms with E-state index in [0.29, 0.717) is 0 Å². The lowest BCUT2D eigenvalue weighted by Gasteiger charge is -2.19. The van der Waals surface area contributed by atoms with Crippen LogP contribution in [-0.2, 0) is 0 Å². The van der Waals surface area contributed by atoms with Gasteiger partial charge in [0.25, 0.3) is 0 Å². The van der Waals surface area contributed by atoms with Gasteiger partial charge in [-0.1, -0.05) is 143 Å². The molecule has 0 aliphatic heterocycles. The summed E-state index contributed by atoms with van der Waals surface area (Å²) in [4.78, 5) is 0. The molecular weight excluding hydrogens is 288 g/mol. The molecule has 0 saturated carbocycles. The second-order valence-electron chi connectivity index (χ2n) is 8.48. The summed E-state index contributed by atoms with van der Waals surface area (Å²) in [6.45, 7) is 9.57. The normalized spacial score (nSPS) is 14.0. The number of unbranched alkanes of at least 4 members (excludes halogenated alkanes) is 14. The Hall–Kier alpha value is 0. The molecule has 0 amide bonds. The molecule has 0 bridgehead atoms. The van der Waals surface area contributed by atoms with Crippen LogP contribution in [0.5, 0.6) is 0 Å². The first kappa shape index (κ1) is 24.0. The van der Waals surface area contributed by atoms with Gasteiger partial charge in [0.2, 0.25) is 0 Å². The van der Waals surface area contributed by atoms with Crippen molar-refractivity contribution in [3.8, 4) is 0 Å². The molecule has 0 saturated heterocycles. The number of hydrogen-bond donors (Lipinski definition) is 0. The van der Waals surface area contributed by atoms with Crippen molar-refractivity contribution in [1.29, 1.82) is 0 Å². The highest BCUT2D eigenvalue weighted by atomic mass is 14.2. The van der Waals surface area contributed by atoms with Gasteiger partial charge in [-0.05, 0) is 11.8 Å². The molecule has 0 aromatic heterocycles. The van der Waals surface area contributed by atoms with Crippen LogP contribution in [0.4, 0.5) is 0 Å². The first-order valence-electron chi connectivity index (χ1n) is 11.7. The minimum Gasteiger partial charge on any atom is -0.0654 e. The Balaban J connectivity index is 3.21. The maximum Gasteiger partial charge on any atom is -0.0417 e. The fourth-order valence-corrected chi connectivity index (χ4v) is 3.77. The van der Waals surface area contributed by atoms with E-state index in [1.807, 2.05) is 0 Å². The largest absolute Gasteiger partial charge is 0.0654 e. The predicted octanol–water partition coefficient (Wildman–Crippen LogP) is 9.32. The highest BCUT2D eigenvalue weighted by molar-refractivity contribution is 4.63. The van der Waals surface area contributed by atoms with Crippen molar-refractivity contribution in [2.24, 2.45) is 11.8 Å². The average Bonchev–Trinajstić information content (AvgIpc) is 2.58. The van der Waals surface area contributed by atoms with E-state index in [-0.39, 0.29) is 0 Å². The summed E-state index contributed by atoms with van der Waals surface area (Å²) in [5, 5.41) is 0. The SMILES string of the molecule is CCCCCCCCCCCCCCCC(C)C(C)CCCCC. The topological polar surface area (TPSA) is 0 Å².